The molecule has 10 rings (SSSR count). The number of benzene rings is 6. The Morgan fingerprint density at radius 1 is 0.887 bits per heavy atom. The van der Waals surface area contributed by atoms with Crippen molar-refractivity contribution in [2.75, 3.05) is 23.5 Å². The van der Waals surface area contributed by atoms with Crippen molar-refractivity contribution in [1.82, 2.24) is 4.90 Å². The lowest BCUT2D eigenvalue weighted by Gasteiger charge is -2.39. The van der Waals surface area contributed by atoms with E-state index in [9.17, 15) is 14.7 Å². The van der Waals surface area contributed by atoms with Gasteiger partial charge in [-0.1, -0.05) is 110 Å². The summed E-state index contributed by atoms with van der Waals surface area (Å²) in [5.41, 5.74) is 5.03. The minimum Gasteiger partial charge on any atom is -0.497 e. The number of rotatable bonds is 9. The van der Waals surface area contributed by atoms with Crippen LogP contribution in [0.3, 0.4) is 0 Å². The third-order valence-corrected chi connectivity index (χ3v) is 18.7. The van der Waals surface area contributed by atoms with Crippen LogP contribution in [0.4, 0.5) is 17.1 Å². The number of methoxy groups -OCH3 is 1. The molecule has 0 bridgehead atoms. The summed E-state index contributed by atoms with van der Waals surface area (Å²) in [7, 11) is -0.930. The monoisotopic (exact) mass is 861 g/mol. The van der Waals surface area contributed by atoms with Gasteiger partial charge in [0, 0.05) is 34.1 Å². The number of fused-ring (bicyclic) bond motifs is 3. The summed E-state index contributed by atoms with van der Waals surface area (Å²) in [6.45, 7) is 7.15. The highest BCUT2D eigenvalue weighted by Gasteiger charge is 2.66. The van der Waals surface area contributed by atoms with E-state index in [0.29, 0.717) is 40.5 Å². The number of hydrogen-bond donors (Lipinski definition) is 1. The smallest absolute Gasteiger partial charge is 0.264 e. The number of halogens is 1. The molecule has 4 heterocycles. The first-order valence-electron chi connectivity index (χ1n) is 21.3. The average Bonchev–Trinajstić information content (AvgIpc) is 3.84. The van der Waals surface area contributed by atoms with Crippen LogP contribution < -0.4 is 19.7 Å². The van der Waals surface area contributed by atoms with E-state index in [0.717, 1.165) is 44.1 Å². The fraction of sp³-hybridized carbons (Fsp3) is 0.275. The maximum absolute atomic E-state index is 15.6. The first kappa shape index (κ1) is 40.3. The maximum atomic E-state index is 15.6. The number of aliphatic hydroxyl groups excluding tert-OH is 1. The highest BCUT2D eigenvalue weighted by Crippen LogP contribution is 2.60. The highest BCUT2D eigenvalue weighted by atomic mass is 35.5. The molecular weight excluding hydrogens is 814 g/mol. The quantitative estimate of drug-likeness (QED) is 0.146. The van der Waals surface area contributed by atoms with Gasteiger partial charge in [0.25, 0.3) is 11.8 Å². The second-order valence-corrected chi connectivity index (χ2v) is 22.9. The van der Waals surface area contributed by atoms with E-state index in [-0.39, 0.29) is 54.8 Å². The highest BCUT2D eigenvalue weighted by molar-refractivity contribution is 6.91. The van der Waals surface area contributed by atoms with Crippen molar-refractivity contribution in [2.24, 2.45) is 5.92 Å². The SMILES string of the molecule is COc1ccc([Si](C)(C)[C@H]2[C@H](CC(=O)N3Cc4ccccc4C[C@H]3CO)O[C@@]3(C(=O)N(Cc4cccc(N5C(=O)c6cccc7cccc5c67)c4)c4ccc(Cl)cc43)[C@@H]2C)cc1. The van der Waals surface area contributed by atoms with Gasteiger partial charge in [0.1, 0.15) is 5.75 Å². The Morgan fingerprint density at radius 3 is 2.39 bits per heavy atom. The van der Waals surface area contributed by atoms with Crippen LogP contribution in [0, 0.1) is 5.92 Å². The molecule has 0 unspecified atom stereocenters. The summed E-state index contributed by atoms with van der Waals surface area (Å²) in [6, 6.07) is 41.0. The van der Waals surface area contributed by atoms with Crippen molar-refractivity contribution in [3.63, 3.8) is 0 Å². The fourth-order valence-electron chi connectivity index (χ4n) is 11.1. The molecule has 4 aliphatic rings. The average molecular weight is 862 g/mol. The second-order valence-electron chi connectivity index (χ2n) is 17.7. The van der Waals surface area contributed by atoms with E-state index in [1.54, 1.807) is 27.9 Å². The van der Waals surface area contributed by atoms with Gasteiger partial charge in [-0.15, -0.1) is 0 Å². The third-order valence-electron chi connectivity index (χ3n) is 14.1. The van der Waals surface area contributed by atoms with E-state index >= 15 is 4.79 Å². The molecule has 0 radical (unpaired) electrons. The molecule has 314 valence electrons. The van der Waals surface area contributed by atoms with Crippen LogP contribution in [-0.4, -0.2) is 61.7 Å². The van der Waals surface area contributed by atoms with Crippen molar-refractivity contribution >= 4 is 70.4 Å². The summed E-state index contributed by atoms with van der Waals surface area (Å²) < 4.78 is 12.9. The van der Waals surface area contributed by atoms with Crippen molar-refractivity contribution < 1.29 is 29.0 Å². The van der Waals surface area contributed by atoms with Crippen molar-refractivity contribution in [2.45, 2.75) is 69.2 Å². The molecule has 6 aromatic carbocycles. The van der Waals surface area contributed by atoms with Crippen LogP contribution in [0.25, 0.3) is 10.8 Å². The summed E-state index contributed by atoms with van der Waals surface area (Å²) in [4.78, 5) is 49.6. The lowest BCUT2D eigenvalue weighted by Crippen LogP contribution is -2.52. The molecule has 1 fully saturated rings. The number of carbonyl (C=O) groups is 3. The number of anilines is 3. The Balaban J connectivity index is 1.02. The number of nitrogens with zero attached hydrogens (tertiary/aromatic N) is 3. The minimum atomic E-state index is -2.58. The normalized spacial score (nSPS) is 22.8. The van der Waals surface area contributed by atoms with E-state index in [4.69, 9.17) is 21.1 Å². The predicted molar refractivity (Wildman–Crippen MR) is 245 cm³/mol. The molecule has 62 heavy (non-hydrogen) atoms. The largest absolute Gasteiger partial charge is 0.497 e. The Morgan fingerprint density at radius 2 is 1.63 bits per heavy atom. The molecule has 1 saturated heterocycles. The molecule has 1 spiro atoms. The minimum absolute atomic E-state index is 0.0479. The number of carbonyl (C=O) groups excluding carboxylic acids is 3. The summed E-state index contributed by atoms with van der Waals surface area (Å²) in [6.07, 6.45) is -0.0106. The van der Waals surface area contributed by atoms with Crippen LogP contribution in [0.1, 0.15) is 46.0 Å². The predicted octanol–water partition coefficient (Wildman–Crippen LogP) is 8.89. The molecular formula is C51H48ClN3O6Si. The molecule has 5 atom stereocenters. The molecule has 9 nitrogen and oxygen atoms in total. The Labute approximate surface area is 367 Å². The van der Waals surface area contributed by atoms with E-state index in [1.165, 1.54) is 0 Å². The molecule has 6 aromatic rings. The molecule has 3 amide bonds. The molecule has 0 aliphatic carbocycles. The molecule has 4 aliphatic heterocycles. The van der Waals surface area contributed by atoms with E-state index in [1.807, 2.05) is 103 Å². The van der Waals surface area contributed by atoms with Crippen LogP contribution in [0.2, 0.25) is 23.7 Å². The number of aliphatic hydroxyl groups is 1. The summed E-state index contributed by atoms with van der Waals surface area (Å²) in [5.74, 6) is -0.0173. The van der Waals surface area contributed by atoms with Gasteiger partial charge in [-0.2, -0.15) is 0 Å². The van der Waals surface area contributed by atoms with Crippen molar-refractivity contribution in [3.05, 3.63) is 160 Å². The Hall–Kier alpha value is -5.78. The summed E-state index contributed by atoms with van der Waals surface area (Å²) in [5, 5.41) is 14.1. The lowest BCUT2D eigenvalue weighted by atomic mass is 9.82. The van der Waals surface area contributed by atoms with E-state index in [2.05, 4.69) is 38.2 Å². The third kappa shape index (κ3) is 6.21. The molecule has 0 aromatic heterocycles. The van der Waals surface area contributed by atoms with E-state index < -0.39 is 19.8 Å². The van der Waals surface area contributed by atoms with Crippen molar-refractivity contribution in [3.8, 4) is 5.75 Å². The van der Waals surface area contributed by atoms with Crippen LogP contribution in [0.15, 0.2) is 127 Å². The maximum Gasteiger partial charge on any atom is 0.264 e. The van der Waals surface area contributed by atoms with Gasteiger partial charge in [-0.05, 0) is 88.6 Å². The Bertz CT molecular complexity index is 2790. The molecule has 1 N–H and O–H groups in total. The van der Waals surface area contributed by atoms with Crippen LogP contribution in [-0.2, 0) is 39.4 Å². The van der Waals surface area contributed by atoms with Crippen LogP contribution >= 0.6 is 11.6 Å². The number of ether oxygens (including phenoxy) is 2. The topological polar surface area (TPSA) is 99.6 Å². The van der Waals surface area contributed by atoms with Gasteiger partial charge < -0.3 is 24.4 Å². The second kappa shape index (κ2) is 15.2. The zero-order chi connectivity index (χ0) is 43.1. The van der Waals surface area contributed by atoms with Gasteiger partial charge in [0.2, 0.25) is 5.91 Å². The first-order valence-corrected chi connectivity index (χ1v) is 24.8. The zero-order valence-corrected chi connectivity index (χ0v) is 36.9. The van der Waals surface area contributed by atoms with Gasteiger partial charge in [-0.3, -0.25) is 19.3 Å². The first-order chi connectivity index (χ1) is 29.9. The van der Waals surface area contributed by atoms with Crippen LogP contribution in [0.5, 0.6) is 5.75 Å². The van der Waals surface area contributed by atoms with Gasteiger partial charge >= 0.3 is 0 Å². The van der Waals surface area contributed by atoms with Crippen molar-refractivity contribution in [1.29, 1.82) is 0 Å². The van der Waals surface area contributed by atoms with Gasteiger partial charge in [-0.25, -0.2) is 0 Å². The fourth-order valence-corrected chi connectivity index (χ4v) is 15.3. The number of amides is 3. The Kier molecular flexibility index (Phi) is 9.90. The summed E-state index contributed by atoms with van der Waals surface area (Å²) >= 11 is 6.80. The lowest BCUT2D eigenvalue weighted by molar-refractivity contribution is -0.151. The van der Waals surface area contributed by atoms with Gasteiger partial charge in [0.15, 0.2) is 5.60 Å². The molecule has 0 saturated carbocycles. The molecule has 11 heteroatoms. The standard InChI is InChI=1S/C51H48ClN3O6Si/c1-31-48(62(3,4)40-21-19-39(60-2)20-22-40)45(27-46(57)53-29-35-12-6-5-11-34(35)25-38(53)30-56)61-51(31)42-26-36(52)18-23-43(42)54(50(51)59)28-32-10-7-15-37(24-32)55-44-17-9-14-33-13-8-16-41(47(33)44)49(55)58/h5-24,26,31,38,45,48,56H,25,27-30H2,1-4H3/t31-,38+,45+,48-,51+/m1/s1. The number of hydrogen-bond acceptors (Lipinski definition) is 6. The zero-order valence-electron chi connectivity index (χ0n) is 35.2. The van der Waals surface area contributed by atoms with Gasteiger partial charge in [0.05, 0.1) is 63.8 Å².